The maximum absolute atomic E-state index is 12.1. The molecular weight excluding hydrogens is 236 g/mol. The minimum absolute atomic E-state index is 0. The van der Waals surface area contributed by atoms with Gasteiger partial charge in [0.1, 0.15) is 0 Å². The van der Waals surface area contributed by atoms with E-state index < -0.39 is 0 Å². The van der Waals surface area contributed by atoms with Crippen LogP contribution in [0.3, 0.4) is 0 Å². The van der Waals surface area contributed by atoms with Gasteiger partial charge in [-0.2, -0.15) is 0 Å². The number of carbonyl (C=O) groups excluding carboxylic acids is 1. The number of nitrogens with zero attached hydrogens (tertiary/aromatic N) is 1. The quantitative estimate of drug-likeness (QED) is 0.847. The van der Waals surface area contributed by atoms with Gasteiger partial charge in [-0.3, -0.25) is 4.79 Å². The lowest BCUT2D eigenvalue weighted by Crippen LogP contribution is -2.47. The monoisotopic (exact) mass is 260 g/mol. The van der Waals surface area contributed by atoms with Crippen molar-refractivity contribution in [2.24, 2.45) is 11.7 Å². The van der Waals surface area contributed by atoms with Crippen LogP contribution in [0.25, 0.3) is 0 Å². The summed E-state index contributed by atoms with van der Waals surface area (Å²) in [6.45, 7) is 2.93. The first-order chi connectivity index (χ1) is 7.74. The molecule has 4 heteroatoms. The normalized spacial score (nSPS) is 26.9. The summed E-state index contributed by atoms with van der Waals surface area (Å²) in [6.07, 6.45) is 8.46. The van der Waals surface area contributed by atoms with E-state index in [1.165, 1.54) is 38.5 Å². The lowest BCUT2D eigenvalue weighted by molar-refractivity contribution is -0.134. The first kappa shape index (κ1) is 14.8. The molecular formula is C13H25ClN2O. The number of hydrogen-bond donors (Lipinski definition) is 1. The molecule has 17 heavy (non-hydrogen) atoms. The molecule has 0 spiro atoms. The van der Waals surface area contributed by atoms with Gasteiger partial charge in [-0.15, -0.1) is 12.4 Å². The number of halogens is 1. The molecule has 2 aliphatic rings. The summed E-state index contributed by atoms with van der Waals surface area (Å²) in [6, 6.07) is 0.231. The van der Waals surface area contributed by atoms with Crippen LogP contribution in [0.5, 0.6) is 0 Å². The van der Waals surface area contributed by atoms with Crippen LogP contribution in [0, 0.1) is 5.92 Å². The van der Waals surface area contributed by atoms with Crippen molar-refractivity contribution in [3.05, 3.63) is 0 Å². The molecule has 0 bridgehead atoms. The zero-order valence-corrected chi connectivity index (χ0v) is 11.5. The Morgan fingerprint density at radius 3 is 2.53 bits per heavy atom. The molecule has 0 radical (unpaired) electrons. The molecule has 1 saturated heterocycles. The minimum atomic E-state index is -0.276. The molecule has 1 aliphatic heterocycles. The number of carbonyl (C=O) groups is 1. The Bertz CT molecular complexity index is 254. The van der Waals surface area contributed by atoms with Gasteiger partial charge in [0.15, 0.2) is 0 Å². The van der Waals surface area contributed by atoms with Crippen molar-refractivity contribution in [3.8, 4) is 0 Å². The van der Waals surface area contributed by atoms with Crippen LogP contribution in [-0.2, 0) is 4.79 Å². The van der Waals surface area contributed by atoms with Crippen molar-refractivity contribution < 1.29 is 4.79 Å². The highest BCUT2D eigenvalue weighted by Crippen LogP contribution is 2.35. The molecule has 0 aromatic carbocycles. The number of nitrogens with two attached hydrogens (primary N) is 1. The van der Waals surface area contributed by atoms with Gasteiger partial charge in [0, 0.05) is 12.6 Å². The average Bonchev–Trinajstić information content (AvgIpc) is 2.95. The van der Waals surface area contributed by atoms with Crippen LogP contribution < -0.4 is 5.73 Å². The number of likely N-dealkylation sites (tertiary alicyclic amines) is 1. The standard InChI is InChI=1S/C13H24N2O.ClH/c1-2-11(14)13(16)15-9-5-8-12(15)10-6-3-4-7-10;/h10-12H,2-9,14H2,1H3;1H/t11-,12?;/m0./s1. The third-order valence-electron chi connectivity index (χ3n) is 4.28. The summed E-state index contributed by atoms with van der Waals surface area (Å²) in [7, 11) is 0. The fourth-order valence-electron chi connectivity index (χ4n) is 3.29. The molecule has 2 rings (SSSR count). The van der Waals surface area contributed by atoms with E-state index in [0.717, 1.165) is 18.9 Å². The van der Waals surface area contributed by atoms with Crippen LogP contribution >= 0.6 is 12.4 Å². The lowest BCUT2D eigenvalue weighted by atomic mass is 9.95. The van der Waals surface area contributed by atoms with Crippen LogP contribution in [-0.4, -0.2) is 29.4 Å². The van der Waals surface area contributed by atoms with E-state index in [-0.39, 0.29) is 24.4 Å². The van der Waals surface area contributed by atoms with Crippen molar-refractivity contribution in [1.82, 2.24) is 4.90 Å². The summed E-state index contributed by atoms with van der Waals surface area (Å²) in [5, 5.41) is 0. The summed E-state index contributed by atoms with van der Waals surface area (Å²) in [5.74, 6) is 0.951. The molecule has 1 amide bonds. The van der Waals surface area contributed by atoms with Crippen molar-refractivity contribution in [2.75, 3.05) is 6.54 Å². The van der Waals surface area contributed by atoms with Gasteiger partial charge in [0.05, 0.1) is 6.04 Å². The van der Waals surface area contributed by atoms with Crippen LogP contribution in [0.2, 0.25) is 0 Å². The first-order valence-electron chi connectivity index (χ1n) is 6.80. The van der Waals surface area contributed by atoms with Gasteiger partial charge in [-0.05, 0) is 38.0 Å². The molecule has 3 nitrogen and oxygen atoms in total. The second kappa shape index (κ2) is 6.60. The zero-order valence-electron chi connectivity index (χ0n) is 10.7. The van der Waals surface area contributed by atoms with Gasteiger partial charge >= 0.3 is 0 Å². The predicted octanol–water partition coefficient (Wildman–Crippen LogP) is 2.33. The summed E-state index contributed by atoms with van der Waals surface area (Å²) >= 11 is 0. The fraction of sp³-hybridized carbons (Fsp3) is 0.923. The Hall–Kier alpha value is -0.280. The van der Waals surface area contributed by atoms with E-state index in [1.807, 2.05) is 6.92 Å². The van der Waals surface area contributed by atoms with Crippen molar-refractivity contribution in [3.63, 3.8) is 0 Å². The molecule has 1 saturated carbocycles. The van der Waals surface area contributed by atoms with E-state index in [1.54, 1.807) is 0 Å². The van der Waals surface area contributed by atoms with Crippen LogP contribution in [0.15, 0.2) is 0 Å². The Kier molecular flexibility index (Phi) is 5.74. The molecule has 2 N–H and O–H groups in total. The highest BCUT2D eigenvalue weighted by molar-refractivity contribution is 5.85. The Morgan fingerprint density at radius 1 is 1.29 bits per heavy atom. The van der Waals surface area contributed by atoms with E-state index in [9.17, 15) is 4.79 Å². The number of amides is 1. The van der Waals surface area contributed by atoms with Gasteiger partial charge in [-0.1, -0.05) is 19.8 Å². The molecule has 2 fully saturated rings. The fourth-order valence-corrected chi connectivity index (χ4v) is 3.29. The average molecular weight is 261 g/mol. The molecule has 0 aromatic rings. The molecule has 1 unspecified atom stereocenters. The van der Waals surface area contributed by atoms with Gasteiger partial charge in [-0.25, -0.2) is 0 Å². The SMILES string of the molecule is CC[C@H](N)C(=O)N1CCCC1C1CCCC1.Cl. The minimum Gasteiger partial charge on any atom is -0.338 e. The van der Waals surface area contributed by atoms with Crippen molar-refractivity contribution in [1.29, 1.82) is 0 Å². The molecule has 1 aliphatic carbocycles. The van der Waals surface area contributed by atoms with Crippen LogP contribution in [0.1, 0.15) is 51.9 Å². The summed E-state index contributed by atoms with van der Waals surface area (Å²) < 4.78 is 0. The maximum Gasteiger partial charge on any atom is 0.239 e. The second-order valence-corrected chi connectivity index (χ2v) is 5.30. The Balaban J connectivity index is 0.00000144. The van der Waals surface area contributed by atoms with E-state index in [0.29, 0.717) is 6.04 Å². The van der Waals surface area contributed by atoms with E-state index >= 15 is 0 Å². The first-order valence-corrected chi connectivity index (χ1v) is 6.80. The summed E-state index contributed by atoms with van der Waals surface area (Å²) in [4.78, 5) is 14.2. The molecule has 100 valence electrons. The Morgan fingerprint density at radius 2 is 1.94 bits per heavy atom. The van der Waals surface area contributed by atoms with Crippen molar-refractivity contribution >= 4 is 18.3 Å². The van der Waals surface area contributed by atoms with Crippen LogP contribution in [0.4, 0.5) is 0 Å². The van der Waals surface area contributed by atoms with E-state index in [2.05, 4.69) is 4.90 Å². The molecule has 2 atom stereocenters. The van der Waals surface area contributed by atoms with Gasteiger partial charge < -0.3 is 10.6 Å². The van der Waals surface area contributed by atoms with E-state index in [4.69, 9.17) is 5.73 Å². The van der Waals surface area contributed by atoms with Gasteiger partial charge in [0.25, 0.3) is 0 Å². The topological polar surface area (TPSA) is 46.3 Å². The van der Waals surface area contributed by atoms with Gasteiger partial charge in [0.2, 0.25) is 5.91 Å². The largest absolute Gasteiger partial charge is 0.338 e. The molecule has 0 aromatic heterocycles. The summed E-state index contributed by atoms with van der Waals surface area (Å²) in [5.41, 5.74) is 5.87. The molecule has 1 heterocycles. The predicted molar refractivity (Wildman–Crippen MR) is 72.2 cm³/mol. The number of hydrogen-bond acceptors (Lipinski definition) is 2. The maximum atomic E-state index is 12.1. The third kappa shape index (κ3) is 3.14. The smallest absolute Gasteiger partial charge is 0.239 e. The Labute approximate surface area is 111 Å². The highest BCUT2D eigenvalue weighted by Gasteiger charge is 2.36. The zero-order chi connectivity index (χ0) is 11.5. The second-order valence-electron chi connectivity index (χ2n) is 5.30. The highest BCUT2D eigenvalue weighted by atomic mass is 35.5. The number of rotatable bonds is 3. The lowest BCUT2D eigenvalue weighted by Gasteiger charge is -2.31. The van der Waals surface area contributed by atoms with Crippen molar-refractivity contribution in [2.45, 2.75) is 64.0 Å². The third-order valence-corrected chi connectivity index (χ3v) is 4.28.